The molecule has 0 aliphatic carbocycles. The van der Waals surface area contributed by atoms with Gasteiger partial charge in [0.05, 0.1) is 0 Å². The summed E-state index contributed by atoms with van der Waals surface area (Å²) >= 11 is -2.38. The Labute approximate surface area is 163 Å². The topological polar surface area (TPSA) is 18.5 Å². The molecule has 0 fully saturated rings. The van der Waals surface area contributed by atoms with Gasteiger partial charge >= 0.3 is 163 Å². The van der Waals surface area contributed by atoms with Crippen LogP contribution in [0.2, 0.25) is 13.3 Å². The van der Waals surface area contributed by atoms with Crippen molar-refractivity contribution in [1.29, 1.82) is 0 Å². The average molecular weight is 461 g/mol. The summed E-state index contributed by atoms with van der Waals surface area (Å²) in [6.07, 6.45) is 18.1. The van der Waals surface area contributed by atoms with Crippen LogP contribution in [-0.4, -0.2) is 36.4 Å². The van der Waals surface area contributed by atoms with Crippen LogP contribution < -0.4 is 0 Å². The monoisotopic (exact) mass is 462 g/mol. The summed E-state index contributed by atoms with van der Waals surface area (Å²) < 4.78 is 16.5. The summed E-state index contributed by atoms with van der Waals surface area (Å²) in [7, 11) is 1.75. The molecule has 0 bridgehead atoms. The van der Waals surface area contributed by atoms with Crippen LogP contribution in [0, 0.1) is 0 Å². The van der Waals surface area contributed by atoms with Crippen LogP contribution in [0.3, 0.4) is 0 Å². The summed E-state index contributed by atoms with van der Waals surface area (Å²) in [6, 6.07) is 0. The molecule has 1 unspecified atom stereocenters. The van der Waals surface area contributed by atoms with Crippen LogP contribution in [0.5, 0.6) is 0 Å². The Balaban J connectivity index is 5.25. The third-order valence-corrected chi connectivity index (χ3v) is 21.4. The molecule has 0 saturated carbocycles. The second kappa shape index (κ2) is 17.9. The fourth-order valence-corrected chi connectivity index (χ4v) is 20.1. The third-order valence-electron chi connectivity index (χ3n) is 5.34. The van der Waals surface area contributed by atoms with Crippen LogP contribution in [0.4, 0.5) is 0 Å². The molecule has 3 heteroatoms. The van der Waals surface area contributed by atoms with Crippen molar-refractivity contribution in [3.05, 3.63) is 12.2 Å². The molecule has 0 aromatic carbocycles. The van der Waals surface area contributed by atoms with Crippen LogP contribution in [0.25, 0.3) is 0 Å². The molecule has 0 aliphatic rings. The third kappa shape index (κ3) is 11.7. The Morgan fingerprint density at radius 1 is 0.760 bits per heavy atom. The first-order valence-electron chi connectivity index (χ1n) is 11.0. The second-order valence-corrected chi connectivity index (χ2v) is 21.3. The van der Waals surface area contributed by atoms with Crippen molar-refractivity contribution in [1.82, 2.24) is 0 Å². The number of hydrogen-bond donors (Lipinski definition) is 0. The second-order valence-electron chi connectivity index (χ2n) is 7.59. The standard InChI is InChI=1S/C10H19O2.3C4H9.Sn/c1-3-4-5-6-7-8-9-12-10-11-2;3*1-3-4-2;/h7-9H,3-6,10H2,1-2H3;3*1,3-4H2,2H3;/b8-7+;;;;. The van der Waals surface area contributed by atoms with Gasteiger partial charge in [0.2, 0.25) is 0 Å². The van der Waals surface area contributed by atoms with E-state index in [1.54, 1.807) is 7.11 Å². The van der Waals surface area contributed by atoms with Gasteiger partial charge in [0.15, 0.2) is 0 Å². The minimum atomic E-state index is -2.38. The number of ether oxygens (including phenoxy) is 2. The van der Waals surface area contributed by atoms with Crippen LogP contribution >= 0.6 is 0 Å². The van der Waals surface area contributed by atoms with Crippen LogP contribution in [0.1, 0.15) is 91.9 Å². The Morgan fingerprint density at radius 3 is 1.72 bits per heavy atom. The van der Waals surface area contributed by atoms with Crippen molar-refractivity contribution in [3.63, 3.8) is 0 Å². The first-order chi connectivity index (χ1) is 12.2. The predicted molar refractivity (Wildman–Crippen MR) is 115 cm³/mol. The van der Waals surface area contributed by atoms with Gasteiger partial charge in [0.1, 0.15) is 0 Å². The Morgan fingerprint density at radius 2 is 1.28 bits per heavy atom. The summed E-state index contributed by atoms with van der Waals surface area (Å²) in [4.78, 5) is 0. The summed E-state index contributed by atoms with van der Waals surface area (Å²) in [6.45, 7) is 9.73. The maximum absolute atomic E-state index is 6.34. The molecule has 150 valence electrons. The van der Waals surface area contributed by atoms with Gasteiger partial charge in [-0.25, -0.2) is 0 Å². The molecule has 1 atom stereocenters. The molecule has 0 aromatic rings. The molecule has 0 radical (unpaired) electrons. The van der Waals surface area contributed by atoms with E-state index in [9.17, 15) is 0 Å². The maximum atomic E-state index is 6.34. The number of allylic oxidation sites excluding steroid dienone is 1. The van der Waals surface area contributed by atoms with Gasteiger partial charge in [0, 0.05) is 0 Å². The normalized spacial score (nSPS) is 13.6. The molecular weight excluding hydrogens is 415 g/mol. The van der Waals surface area contributed by atoms with Crippen molar-refractivity contribution in [2.45, 2.75) is 109 Å². The van der Waals surface area contributed by atoms with Crippen molar-refractivity contribution >= 4 is 18.4 Å². The fourth-order valence-electron chi connectivity index (χ4n) is 3.70. The average Bonchev–Trinajstić information content (AvgIpc) is 2.64. The molecule has 0 N–H and O–H groups in total. The molecule has 0 spiro atoms. The Bertz CT molecular complexity index is 283. The number of rotatable bonds is 18. The zero-order chi connectivity index (χ0) is 18.8. The van der Waals surface area contributed by atoms with E-state index in [1.807, 2.05) is 0 Å². The van der Waals surface area contributed by atoms with Gasteiger partial charge in [-0.1, -0.05) is 0 Å². The molecular formula is C22H46O2Sn. The van der Waals surface area contributed by atoms with E-state index in [-0.39, 0.29) is 0 Å². The molecule has 0 aromatic heterocycles. The Kier molecular flexibility index (Phi) is 18.2. The minimum absolute atomic E-state index is 0.403. The number of unbranched alkanes of at least 4 members (excludes halogenated alkanes) is 6. The van der Waals surface area contributed by atoms with Gasteiger partial charge in [-0.3, -0.25) is 0 Å². The van der Waals surface area contributed by atoms with Gasteiger partial charge < -0.3 is 0 Å². The molecule has 2 nitrogen and oxygen atoms in total. The first-order valence-corrected chi connectivity index (χ1v) is 18.7. The van der Waals surface area contributed by atoms with Crippen molar-refractivity contribution in [3.8, 4) is 0 Å². The van der Waals surface area contributed by atoms with E-state index in [0.29, 0.717) is 10.9 Å². The predicted octanol–water partition coefficient (Wildman–Crippen LogP) is 7.50. The molecule has 0 heterocycles. The summed E-state index contributed by atoms with van der Waals surface area (Å²) in [5, 5.41) is 0. The first kappa shape index (κ1) is 25.5. The van der Waals surface area contributed by atoms with E-state index in [2.05, 4.69) is 39.8 Å². The Hall–Kier alpha value is 0.459. The van der Waals surface area contributed by atoms with E-state index < -0.39 is 18.4 Å². The van der Waals surface area contributed by atoms with E-state index in [0.717, 1.165) is 0 Å². The number of methoxy groups -OCH3 is 1. The van der Waals surface area contributed by atoms with Crippen LogP contribution in [0.15, 0.2) is 12.2 Å². The molecule has 0 amide bonds. The summed E-state index contributed by atoms with van der Waals surface area (Å²) in [5.41, 5.74) is 0. The van der Waals surface area contributed by atoms with E-state index in [4.69, 9.17) is 9.47 Å². The SMILES string of the molecule is CCCCC/C=C/[CH](OCOC)[Sn]([CH2]CCC)([CH2]CCC)[CH2]CCC. The van der Waals surface area contributed by atoms with Crippen molar-refractivity contribution < 1.29 is 9.47 Å². The summed E-state index contributed by atoms with van der Waals surface area (Å²) in [5.74, 6) is 0. The zero-order valence-corrected chi connectivity index (χ0v) is 20.8. The van der Waals surface area contributed by atoms with Crippen molar-refractivity contribution in [2.24, 2.45) is 0 Å². The van der Waals surface area contributed by atoms with Crippen LogP contribution in [-0.2, 0) is 9.47 Å². The van der Waals surface area contributed by atoms with E-state index in [1.165, 1.54) is 77.5 Å². The molecule has 0 rings (SSSR count). The van der Waals surface area contributed by atoms with Gasteiger partial charge in [-0.05, 0) is 0 Å². The zero-order valence-electron chi connectivity index (χ0n) is 17.9. The molecule has 0 saturated heterocycles. The quantitative estimate of drug-likeness (QED) is 0.0911. The molecule has 0 aliphatic heterocycles. The van der Waals surface area contributed by atoms with Gasteiger partial charge in [-0.2, -0.15) is 0 Å². The molecule has 25 heavy (non-hydrogen) atoms. The van der Waals surface area contributed by atoms with Gasteiger partial charge in [0.25, 0.3) is 0 Å². The van der Waals surface area contributed by atoms with E-state index >= 15 is 0 Å². The van der Waals surface area contributed by atoms with Gasteiger partial charge in [-0.15, -0.1) is 0 Å². The fraction of sp³-hybridized carbons (Fsp3) is 0.909. The van der Waals surface area contributed by atoms with Crippen molar-refractivity contribution in [2.75, 3.05) is 13.9 Å². The number of hydrogen-bond acceptors (Lipinski definition) is 2.